The minimum Gasteiger partial charge on any atom is -0.482 e. The van der Waals surface area contributed by atoms with Crippen LogP contribution in [0, 0.1) is 0 Å². The number of carbonyl (C=O) groups excluding carboxylic acids is 1. The number of rotatable bonds is 7. The molecule has 0 spiro atoms. The van der Waals surface area contributed by atoms with E-state index in [-0.39, 0.29) is 12.5 Å². The Morgan fingerprint density at radius 3 is 2.74 bits per heavy atom. The summed E-state index contributed by atoms with van der Waals surface area (Å²) < 4.78 is 7.41. The molecular weight excluding hydrogens is 360 g/mol. The molecule has 2 heterocycles. The molecule has 0 aliphatic carbocycles. The molecule has 0 saturated carbocycles. The summed E-state index contributed by atoms with van der Waals surface area (Å²) in [6, 6.07) is 5.83. The first kappa shape index (κ1) is 19.4. The molecule has 1 aliphatic heterocycles. The predicted octanol–water partition coefficient (Wildman–Crippen LogP) is 4.27. The Kier molecular flexibility index (Phi) is 6.45. The van der Waals surface area contributed by atoms with Gasteiger partial charge in [-0.1, -0.05) is 26.7 Å². The van der Waals surface area contributed by atoms with Gasteiger partial charge >= 0.3 is 0 Å². The van der Waals surface area contributed by atoms with Crippen LogP contribution in [0.2, 0.25) is 0 Å². The number of benzene rings is 1. The Labute approximate surface area is 163 Å². The number of aromatic nitrogens is 1. The Hall–Kier alpha value is -2.41. The number of nitrogens with zero attached hydrogens (tertiary/aromatic N) is 3. The number of hydrogen-bond donors (Lipinski definition) is 1. The van der Waals surface area contributed by atoms with Crippen LogP contribution in [0.1, 0.15) is 46.5 Å². The van der Waals surface area contributed by atoms with Gasteiger partial charge in [0.25, 0.3) is 5.91 Å². The van der Waals surface area contributed by atoms with Gasteiger partial charge in [-0.15, -0.1) is 11.3 Å². The molecule has 0 atom stereocenters. The first-order valence-corrected chi connectivity index (χ1v) is 10.4. The monoisotopic (exact) mass is 386 g/mol. The summed E-state index contributed by atoms with van der Waals surface area (Å²) in [4.78, 5) is 17.1. The van der Waals surface area contributed by atoms with Crippen LogP contribution in [0.3, 0.4) is 0 Å². The van der Waals surface area contributed by atoms with E-state index in [4.69, 9.17) is 9.84 Å². The van der Waals surface area contributed by atoms with Crippen molar-refractivity contribution in [3.05, 3.63) is 28.4 Å². The molecule has 0 unspecified atom stereocenters. The molecule has 1 aromatic heterocycles. The van der Waals surface area contributed by atoms with Crippen molar-refractivity contribution in [3.63, 3.8) is 0 Å². The molecular formula is C20H26N4O2S. The Bertz CT molecular complexity index is 903. The fourth-order valence-electron chi connectivity index (χ4n) is 3.02. The first-order valence-electron chi connectivity index (χ1n) is 9.51. The van der Waals surface area contributed by atoms with Crippen LogP contribution >= 0.6 is 11.3 Å². The van der Waals surface area contributed by atoms with Crippen molar-refractivity contribution in [3.8, 4) is 17.0 Å². The van der Waals surface area contributed by atoms with Crippen LogP contribution in [-0.4, -0.2) is 29.4 Å². The van der Waals surface area contributed by atoms with Gasteiger partial charge < -0.3 is 10.1 Å². The summed E-state index contributed by atoms with van der Waals surface area (Å²) in [6.07, 6.45) is 4.11. The number of hydrogen-bond acceptors (Lipinski definition) is 5. The van der Waals surface area contributed by atoms with Crippen LogP contribution in [0.4, 0.5) is 5.69 Å². The van der Waals surface area contributed by atoms with Crippen molar-refractivity contribution in [2.45, 2.75) is 46.5 Å². The highest BCUT2D eigenvalue weighted by molar-refractivity contribution is 7.07. The SMILES string of the molecule is CCCC(CCC)=Nn1c(-c2ccc3c(c2)NC(=O)CO3)csc1=NCC. The Morgan fingerprint density at radius 2 is 2.04 bits per heavy atom. The lowest BCUT2D eigenvalue weighted by atomic mass is 10.1. The van der Waals surface area contributed by atoms with E-state index in [1.165, 1.54) is 5.71 Å². The number of nitrogens with one attached hydrogen (secondary N) is 1. The average molecular weight is 387 g/mol. The molecule has 1 aromatic carbocycles. The number of amides is 1. The molecule has 1 aliphatic rings. The molecule has 0 bridgehead atoms. The van der Waals surface area contributed by atoms with Gasteiger partial charge in [0.15, 0.2) is 6.61 Å². The van der Waals surface area contributed by atoms with Gasteiger partial charge in [0, 0.05) is 23.2 Å². The van der Waals surface area contributed by atoms with Gasteiger partial charge in [-0.2, -0.15) is 5.10 Å². The molecule has 3 rings (SSSR count). The van der Waals surface area contributed by atoms with E-state index in [1.54, 1.807) is 11.3 Å². The molecule has 7 heteroatoms. The summed E-state index contributed by atoms with van der Waals surface area (Å²) in [5.74, 6) is 0.561. The minimum absolute atomic E-state index is 0.0615. The zero-order chi connectivity index (χ0) is 19.2. The third kappa shape index (κ3) is 4.47. The van der Waals surface area contributed by atoms with Crippen LogP contribution in [0.25, 0.3) is 11.3 Å². The average Bonchev–Trinajstić information content (AvgIpc) is 3.04. The van der Waals surface area contributed by atoms with Crippen molar-refractivity contribution >= 4 is 28.6 Å². The lowest BCUT2D eigenvalue weighted by Crippen LogP contribution is -2.25. The van der Waals surface area contributed by atoms with Gasteiger partial charge in [0.2, 0.25) is 4.80 Å². The van der Waals surface area contributed by atoms with Crippen molar-refractivity contribution < 1.29 is 9.53 Å². The zero-order valence-electron chi connectivity index (χ0n) is 16.1. The molecule has 1 N–H and O–H groups in total. The van der Waals surface area contributed by atoms with E-state index in [0.29, 0.717) is 18.0 Å². The third-order valence-corrected chi connectivity index (χ3v) is 5.06. The van der Waals surface area contributed by atoms with E-state index < -0.39 is 0 Å². The highest BCUT2D eigenvalue weighted by Gasteiger charge is 2.18. The van der Waals surface area contributed by atoms with Crippen LogP contribution < -0.4 is 14.9 Å². The molecule has 6 nitrogen and oxygen atoms in total. The highest BCUT2D eigenvalue weighted by atomic mass is 32.1. The summed E-state index contributed by atoms with van der Waals surface area (Å²) in [6.45, 7) is 7.15. The molecule has 27 heavy (non-hydrogen) atoms. The number of thiazole rings is 1. The lowest BCUT2D eigenvalue weighted by Gasteiger charge is -2.18. The second kappa shape index (κ2) is 8.99. The van der Waals surface area contributed by atoms with E-state index in [2.05, 4.69) is 29.5 Å². The van der Waals surface area contributed by atoms with Crippen LogP contribution in [0.15, 0.2) is 33.7 Å². The fraction of sp³-hybridized carbons (Fsp3) is 0.450. The van der Waals surface area contributed by atoms with Gasteiger partial charge in [0.05, 0.1) is 11.4 Å². The van der Waals surface area contributed by atoms with Gasteiger partial charge in [-0.3, -0.25) is 9.79 Å². The van der Waals surface area contributed by atoms with Crippen molar-refractivity contribution in [1.29, 1.82) is 0 Å². The second-order valence-electron chi connectivity index (χ2n) is 6.40. The second-order valence-corrected chi connectivity index (χ2v) is 7.24. The zero-order valence-corrected chi connectivity index (χ0v) is 16.9. The highest BCUT2D eigenvalue weighted by Crippen LogP contribution is 2.33. The largest absolute Gasteiger partial charge is 0.482 e. The summed E-state index contributed by atoms with van der Waals surface area (Å²) in [5.41, 5.74) is 3.83. The number of anilines is 1. The summed E-state index contributed by atoms with van der Waals surface area (Å²) in [5, 5.41) is 9.90. The maximum Gasteiger partial charge on any atom is 0.262 e. The summed E-state index contributed by atoms with van der Waals surface area (Å²) >= 11 is 1.58. The molecule has 0 radical (unpaired) electrons. The molecule has 0 fully saturated rings. The van der Waals surface area contributed by atoms with Gasteiger partial charge in [0.1, 0.15) is 5.75 Å². The summed E-state index contributed by atoms with van der Waals surface area (Å²) in [7, 11) is 0. The minimum atomic E-state index is -0.134. The Morgan fingerprint density at radius 1 is 1.26 bits per heavy atom. The maximum absolute atomic E-state index is 11.6. The van der Waals surface area contributed by atoms with Crippen LogP contribution in [-0.2, 0) is 4.79 Å². The quantitative estimate of drug-likeness (QED) is 0.722. The standard InChI is InChI=1S/C20H26N4O2S/c1-4-7-15(8-5-2)23-24-17(13-27-20(24)21-6-3)14-9-10-18-16(11-14)22-19(25)12-26-18/h9-11,13H,4-8,12H2,1-3H3,(H,22,25). The maximum atomic E-state index is 11.6. The van der Waals surface area contributed by atoms with E-state index in [9.17, 15) is 4.79 Å². The molecule has 0 saturated heterocycles. The lowest BCUT2D eigenvalue weighted by molar-refractivity contribution is -0.118. The van der Waals surface area contributed by atoms with Gasteiger partial charge in [-0.05, 0) is 38.0 Å². The van der Waals surface area contributed by atoms with Crippen LogP contribution in [0.5, 0.6) is 5.75 Å². The van der Waals surface area contributed by atoms with Gasteiger partial charge in [-0.25, -0.2) is 4.68 Å². The molecule has 2 aromatic rings. The Balaban J connectivity index is 2.09. The molecule has 1 amide bonds. The van der Waals surface area contributed by atoms with E-state index in [0.717, 1.165) is 41.7 Å². The fourth-order valence-corrected chi connectivity index (χ4v) is 3.92. The van der Waals surface area contributed by atoms with Crippen molar-refractivity contribution in [2.24, 2.45) is 10.1 Å². The topological polar surface area (TPSA) is 68.0 Å². The third-order valence-electron chi connectivity index (χ3n) is 4.21. The smallest absolute Gasteiger partial charge is 0.262 e. The number of fused-ring (bicyclic) bond motifs is 1. The normalized spacial score (nSPS) is 13.7. The first-order chi connectivity index (χ1) is 13.2. The van der Waals surface area contributed by atoms with E-state index in [1.807, 2.05) is 29.8 Å². The van der Waals surface area contributed by atoms with E-state index >= 15 is 0 Å². The molecule has 144 valence electrons. The van der Waals surface area contributed by atoms with Crippen molar-refractivity contribution in [2.75, 3.05) is 18.5 Å². The predicted molar refractivity (Wildman–Crippen MR) is 111 cm³/mol. The van der Waals surface area contributed by atoms with Crippen molar-refractivity contribution in [1.82, 2.24) is 4.68 Å². The number of carbonyl (C=O) groups is 1. The number of ether oxygens (including phenoxy) is 1.